The Kier molecular flexibility index (Phi) is 5.83. The van der Waals surface area contributed by atoms with Gasteiger partial charge in [-0.2, -0.15) is 5.10 Å². The normalized spacial score (nSPS) is 14.4. The summed E-state index contributed by atoms with van der Waals surface area (Å²) in [5.74, 6) is -2.05. The standard InChI is InChI=1S/C19H23N3O5S/c1-10(2)27-19(26)15-12-6-4-5-7-14(12)28-17(15)21-16(23)11(3)22-13(18(24)25)8-9-20-22/h8-11H,4-7H2,1-3H3,(H,21,23)(H,24,25). The van der Waals surface area contributed by atoms with Crippen molar-refractivity contribution in [1.82, 2.24) is 9.78 Å². The van der Waals surface area contributed by atoms with Crippen molar-refractivity contribution in [1.29, 1.82) is 0 Å². The zero-order valence-corrected chi connectivity index (χ0v) is 16.8. The molecule has 2 heterocycles. The van der Waals surface area contributed by atoms with Crippen LogP contribution in [0.15, 0.2) is 12.3 Å². The Hall–Kier alpha value is -2.68. The van der Waals surface area contributed by atoms with Crippen molar-refractivity contribution in [2.45, 2.75) is 58.6 Å². The summed E-state index contributed by atoms with van der Waals surface area (Å²) in [5, 5.41) is 16.4. The van der Waals surface area contributed by atoms with E-state index >= 15 is 0 Å². The van der Waals surface area contributed by atoms with E-state index in [0.29, 0.717) is 10.6 Å². The molecule has 0 saturated heterocycles. The van der Waals surface area contributed by atoms with Crippen molar-refractivity contribution in [2.24, 2.45) is 0 Å². The largest absolute Gasteiger partial charge is 0.477 e. The molecule has 150 valence electrons. The zero-order valence-electron chi connectivity index (χ0n) is 16.0. The maximum atomic E-state index is 12.8. The maximum Gasteiger partial charge on any atom is 0.354 e. The maximum absolute atomic E-state index is 12.8. The van der Waals surface area contributed by atoms with E-state index in [-0.39, 0.29) is 11.8 Å². The molecule has 3 rings (SSSR count). The number of anilines is 1. The van der Waals surface area contributed by atoms with Gasteiger partial charge in [0.1, 0.15) is 16.7 Å². The fourth-order valence-electron chi connectivity index (χ4n) is 3.26. The van der Waals surface area contributed by atoms with Crippen LogP contribution >= 0.6 is 11.3 Å². The molecule has 1 unspecified atom stereocenters. The second kappa shape index (κ2) is 8.14. The number of amides is 1. The molecule has 0 aliphatic heterocycles. The van der Waals surface area contributed by atoms with E-state index in [9.17, 15) is 19.5 Å². The number of hydrogen-bond donors (Lipinski definition) is 2. The lowest BCUT2D eigenvalue weighted by molar-refractivity contribution is -0.119. The minimum Gasteiger partial charge on any atom is -0.477 e. The lowest BCUT2D eigenvalue weighted by Gasteiger charge is -2.16. The third kappa shape index (κ3) is 3.94. The molecule has 1 amide bonds. The van der Waals surface area contributed by atoms with Crippen LogP contribution in [0.1, 0.15) is 70.9 Å². The molecule has 1 aliphatic rings. The van der Waals surface area contributed by atoms with Crippen LogP contribution in [0.3, 0.4) is 0 Å². The van der Waals surface area contributed by atoms with Gasteiger partial charge in [0.15, 0.2) is 0 Å². The summed E-state index contributed by atoms with van der Waals surface area (Å²) in [6.07, 6.45) is 4.76. The molecule has 2 aromatic rings. The summed E-state index contributed by atoms with van der Waals surface area (Å²) in [5.41, 5.74) is 1.30. The Morgan fingerprint density at radius 1 is 1.25 bits per heavy atom. The summed E-state index contributed by atoms with van der Waals surface area (Å²) < 4.78 is 6.54. The molecular formula is C19H23N3O5S. The van der Waals surface area contributed by atoms with Crippen LogP contribution in [-0.2, 0) is 22.4 Å². The molecule has 1 atom stereocenters. The third-order valence-electron chi connectivity index (χ3n) is 4.59. The first-order chi connectivity index (χ1) is 13.3. The van der Waals surface area contributed by atoms with Gasteiger partial charge in [0.25, 0.3) is 0 Å². The van der Waals surface area contributed by atoms with Gasteiger partial charge >= 0.3 is 11.9 Å². The van der Waals surface area contributed by atoms with Crippen LogP contribution in [0.25, 0.3) is 0 Å². The predicted octanol–water partition coefficient (Wildman–Crippen LogP) is 3.29. The van der Waals surface area contributed by atoms with Gasteiger partial charge in [-0.25, -0.2) is 14.3 Å². The highest BCUT2D eigenvalue weighted by Crippen LogP contribution is 2.39. The van der Waals surface area contributed by atoms with Crippen molar-refractivity contribution < 1.29 is 24.2 Å². The number of carboxylic acid groups (broad SMARTS) is 1. The number of aryl methyl sites for hydroxylation is 1. The number of carbonyl (C=O) groups is 3. The van der Waals surface area contributed by atoms with Gasteiger partial charge in [-0.05, 0) is 58.1 Å². The smallest absolute Gasteiger partial charge is 0.354 e. The van der Waals surface area contributed by atoms with E-state index in [1.807, 2.05) is 0 Å². The van der Waals surface area contributed by atoms with Gasteiger partial charge in [0.2, 0.25) is 5.91 Å². The molecular weight excluding hydrogens is 382 g/mol. The highest BCUT2D eigenvalue weighted by molar-refractivity contribution is 7.17. The second-order valence-corrected chi connectivity index (χ2v) is 8.11. The number of aromatic carboxylic acids is 1. The van der Waals surface area contributed by atoms with Gasteiger partial charge in [-0.15, -0.1) is 11.3 Å². The molecule has 8 nitrogen and oxygen atoms in total. The number of nitrogens with zero attached hydrogens (tertiary/aromatic N) is 2. The first-order valence-corrected chi connectivity index (χ1v) is 10.0. The van der Waals surface area contributed by atoms with Crippen LogP contribution in [0.5, 0.6) is 0 Å². The lowest BCUT2D eigenvalue weighted by atomic mass is 9.95. The van der Waals surface area contributed by atoms with Crippen LogP contribution in [0.4, 0.5) is 5.00 Å². The number of fused-ring (bicyclic) bond motifs is 1. The van der Waals surface area contributed by atoms with E-state index < -0.39 is 23.9 Å². The van der Waals surface area contributed by atoms with E-state index in [4.69, 9.17) is 4.74 Å². The summed E-state index contributed by atoms with van der Waals surface area (Å²) >= 11 is 1.39. The molecule has 1 aliphatic carbocycles. The first-order valence-electron chi connectivity index (χ1n) is 9.22. The Morgan fingerprint density at radius 2 is 1.96 bits per heavy atom. The number of carboxylic acids is 1. The molecule has 0 spiro atoms. The monoisotopic (exact) mass is 405 g/mol. The average Bonchev–Trinajstić information content (AvgIpc) is 3.24. The number of rotatable bonds is 6. The Balaban J connectivity index is 1.89. The molecule has 0 radical (unpaired) electrons. The summed E-state index contributed by atoms with van der Waals surface area (Å²) in [4.78, 5) is 37.8. The van der Waals surface area contributed by atoms with E-state index in [1.165, 1.54) is 23.6 Å². The van der Waals surface area contributed by atoms with E-state index in [0.717, 1.165) is 40.8 Å². The van der Waals surface area contributed by atoms with Crippen LogP contribution in [0, 0.1) is 0 Å². The quantitative estimate of drug-likeness (QED) is 0.714. The van der Waals surface area contributed by atoms with Gasteiger partial charge in [-0.1, -0.05) is 0 Å². The number of aromatic nitrogens is 2. The van der Waals surface area contributed by atoms with Crippen molar-refractivity contribution in [3.8, 4) is 0 Å². The molecule has 0 fully saturated rings. The van der Waals surface area contributed by atoms with E-state index in [2.05, 4.69) is 10.4 Å². The Bertz CT molecular complexity index is 915. The summed E-state index contributed by atoms with van der Waals surface area (Å²) in [6.45, 7) is 5.12. The Morgan fingerprint density at radius 3 is 2.64 bits per heavy atom. The third-order valence-corrected chi connectivity index (χ3v) is 5.80. The van der Waals surface area contributed by atoms with Crippen LogP contribution in [-0.4, -0.2) is 38.8 Å². The first kappa shape index (κ1) is 20.1. The van der Waals surface area contributed by atoms with Crippen molar-refractivity contribution in [3.05, 3.63) is 34.0 Å². The van der Waals surface area contributed by atoms with Crippen molar-refractivity contribution in [3.63, 3.8) is 0 Å². The highest BCUT2D eigenvalue weighted by Gasteiger charge is 2.29. The minimum absolute atomic E-state index is 0.0763. The lowest BCUT2D eigenvalue weighted by Crippen LogP contribution is -2.27. The van der Waals surface area contributed by atoms with Crippen molar-refractivity contribution >= 4 is 34.2 Å². The molecule has 2 aromatic heterocycles. The zero-order chi connectivity index (χ0) is 20.4. The summed E-state index contributed by atoms with van der Waals surface area (Å²) in [7, 11) is 0. The number of carbonyl (C=O) groups excluding carboxylic acids is 2. The molecule has 28 heavy (non-hydrogen) atoms. The predicted molar refractivity (Wildman–Crippen MR) is 104 cm³/mol. The molecule has 9 heteroatoms. The highest BCUT2D eigenvalue weighted by atomic mass is 32.1. The number of nitrogens with one attached hydrogen (secondary N) is 1. The number of ether oxygens (including phenoxy) is 1. The van der Waals surface area contributed by atoms with Gasteiger partial charge in [0.05, 0.1) is 11.7 Å². The van der Waals surface area contributed by atoms with Gasteiger partial charge < -0.3 is 15.2 Å². The fourth-order valence-corrected chi connectivity index (χ4v) is 4.54. The fraction of sp³-hybridized carbons (Fsp3) is 0.474. The minimum atomic E-state index is -1.16. The second-order valence-electron chi connectivity index (χ2n) is 7.00. The molecule has 0 aromatic carbocycles. The van der Waals surface area contributed by atoms with Crippen molar-refractivity contribution in [2.75, 3.05) is 5.32 Å². The topological polar surface area (TPSA) is 111 Å². The van der Waals surface area contributed by atoms with Gasteiger partial charge in [-0.3, -0.25) is 4.79 Å². The van der Waals surface area contributed by atoms with Crippen LogP contribution < -0.4 is 5.32 Å². The SMILES string of the molecule is CC(C)OC(=O)c1c(NC(=O)C(C)n2nccc2C(=O)O)sc2c1CCCC2. The van der Waals surface area contributed by atoms with Crippen LogP contribution in [0.2, 0.25) is 0 Å². The number of esters is 1. The summed E-state index contributed by atoms with van der Waals surface area (Å²) in [6, 6.07) is 0.482. The average molecular weight is 405 g/mol. The van der Waals surface area contributed by atoms with Gasteiger partial charge in [0, 0.05) is 11.1 Å². The number of hydrogen-bond acceptors (Lipinski definition) is 6. The number of thiophene rings is 1. The molecule has 2 N–H and O–H groups in total. The van der Waals surface area contributed by atoms with E-state index in [1.54, 1.807) is 20.8 Å². The Labute approximate surface area is 166 Å². The molecule has 0 bridgehead atoms. The molecule has 0 saturated carbocycles.